The summed E-state index contributed by atoms with van der Waals surface area (Å²) in [6.45, 7) is 1.16. The predicted octanol–water partition coefficient (Wildman–Crippen LogP) is 4.17. The van der Waals surface area contributed by atoms with Crippen molar-refractivity contribution >= 4 is 50.3 Å². The Labute approximate surface area is 194 Å². The van der Waals surface area contributed by atoms with Crippen molar-refractivity contribution in [1.82, 2.24) is 9.88 Å². The summed E-state index contributed by atoms with van der Waals surface area (Å²) in [5, 5.41) is 9.47. The molecule has 0 aliphatic heterocycles. The van der Waals surface area contributed by atoms with E-state index in [-0.39, 0.29) is 34.4 Å². The van der Waals surface area contributed by atoms with E-state index in [2.05, 4.69) is 19.9 Å². The number of hydrogen-bond donors (Lipinski definition) is 3. The molecule has 3 N–H and O–H groups in total. The van der Waals surface area contributed by atoms with Crippen molar-refractivity contribution in [1.29, 1.82) is 0 Å². The highest BCUT2D eigenvalue weighted by Crippen LogP contribution is 2.33. The number of carbonyl (C=O) groups is 1. The third kappa shape index (κ3) is 6.50. The predicted molar refractivity (Wildman–Crippen MR) is 121 cm³/mol. The van der Waals surface area contributed by atoms with Gasteiger partial charge in [-0.1, -0.05) is 35.8 Å². The zero-order chi connectivity index (χ0) is 24.1. The molecule has 1 aromatic carbocycles. The van der Waals surface area contributed by atoms with Gasteiger partial charge in [0.05, 0.1) is 16.4 Å². The van der Waals surface area contributed by atoms with Crippen LogP contribution in [0.15, 0.2) is 17.0 Å². The van der Waals surface area contributed by atoms with Crippen LogP contribution in [0, 0.1) is 17.9 Å². The third-order valence-corrected chi connectivity index (χ3v) is 7.66. The monoisotopic (exact) mass is 510 g/mol. The highest BCUT2D eigenvalue weighted by molar-refractivity contribution is 7.93. The molecular formula is C19H25ClF2N4O4S2. The summed E-state index contributed by atoms with van der Waals surface area (Å²) in [5.41, 5.74) is 0.409. The Morgan fingerprint density at radius 2 is 1.91 bits per heavy atom. The first-order valence-electron chi connectivity index (χ1n) is 9.65. The average Bonchev–Trinajstić information content (AvgIpc) is 3.01. The minimum Gasteiger partial charge on any atom is -0.483 e. The molecule has 1 fully saturated rings. The number of anilines is 2. The van der Waals surface area contributed by atoms with Gasteiger partial charge in [0, 0.05) is 12.1 Å². The fourth-order valence-electron chi connectivity index (χ4n) is 3.53. The van der Waals surface area contributed by atoms with Crippen molar-refractivity contribution in [3.05, 3.63) is 33.8 Å². The van der Waals surface area contributed by atoms with Gasteiger partial charge in [0.1, 0.15) is 10.7 Å². The maximum Gasteiger partial charge on any atom is 0.290 e. The van der Waals surface area contributed by atoms with Gasteiger partial charge in [-0.15, -0.1) is 0 Å². The van der Waals surface area contributed by atoms with E-state index >= 15 is 0 Å². The number of halogens is 3. The van der Waals surface area contributed by atoms with Crippen molar-refractivity contribution in [2.45, 2.75) is 49.6 Å². The number of nitrogens with zero attached hydrogens (tertiary/aromatic N) is 2. The van der Waals surface area contributed by atoms with Gasteiger partial charge in [-0.3, -0.25) is 9.52 Å². The first-order valence-corrected chi connectivity index (χ1v) is 12.3. The molecule has 32 heavy (non-hydrogen) atoms. The molecule has 13 heteroatoms. The van der Waals surface area contributed by atoms with Gasteiger partial charge in [-0.05, 0) is 46.0 Å². The smallest absolute Gasteiger partial charge is 0.290 e. The van der Waals surface area contributed by atoms with Gasteiger partial charge in [-0.2, -0.15) is 4.39 Å². The molecule has 2 atom stereocenters. The van der Waals surface area contributed by atoms with E-state index in [0.29, 0.717) is 17.0 Å². The van der Waals surface area contributed by atoms with Crippen LogP contribution >= 0.6 is 22.9 Å². The maximum atomic E-state index is 14.7. The number of likely N-dealkylation sites (N-methyl/N-ethyl adjacent to an activating group) is 1. The van der Waals surface area contributed by atoms with E-state index < -0.39 is 25.9 Å². The topological polar surface area (TPSA) is 112 Å². The molecule has 0 unspecified atom stereocenters. The van der Waals surface area contributed by atoms with Crippen molar-refractivity contribution < 1.29 is 27.1 Å². The van der Waals surface area contributed by atoms with Gasteiger partial charge in [0.25, 0.3) is 16.5 Å². The van der Waals surface area contributed by atoms with Crippen LogP contribution < -0.4 is 10.0 Å². The zero-order valence-corrected chi connectivity index (χ0v) is 20.1. The summed E-state index contributed by atoms with van der Waals surface area (Å²) in [5.74, 6) is -0.949. The van der Waals surface area contributed by atoms with Crippen LogP contribution in [0.2, 0.25) is 5.02 Å². The summed E-state index contributed by atoms with van der Waals surface area (Å²) in [4.78, 5) is 13.6. The second-order valence-corrected chi connectivity index (χ2v) is 10.4. The highest BCUT2D eigenvalue weighted by atomic mass is 35.5. The lowest BCUT2D eigenvalue weighted by molar-refractivity contribution is -0.122. The normalized spacial score (nSPS) is 18.6. The Bertz CT molecular complexity index is 1030. The summed E-state index contributed by atoms with van der Waals surface area (Å²) in [6.07, 6.45) is 4.12. The summed E-state index contributed by atoms with van der Waals surface area (Å²) in [6, 6.07) is 2.51. The van der Waals surface area contributed by atoms with Gasteiger partial charge < -0.3 is 15.3 Å². The lowest BCUT2D eigenvalue weighted by atomic mass is 9.89. The second kappa shape index (κ2) is 11.2. The van der Waals surface area contributed by atoms with E-state index in [1.54, 1.807) is 0 Å². The van der Waals surface area contributed by atoms with Crippen molar-refractivity contribution in [2.75, 3.05) is 24.1 Å². The quantitative estimate of drug-likeness (QED) is 0.500. The minimum atomic E-state index is -4.31. The molecule has 8 nitrogen and oxygen atoms in total. The van der Waals surface area contributed by atoms with Crippen LogP contribution in [0.4, 0.5) is 19.6 Å². The fraction of sp³-hybridized carbons (Fsp3) is 0.474. The third-order valence-electron chi connectivity index (χ3n) is 5.01. The first-order chi connectivity index (χ1) is 15.0. The lowest BCUT2D eigenvalue weighted by Crippen LogP contribution is -2.45. The van der Waals surface area contributed by atoms with Gasteiger partial charge in [0.2, 0.25) is 5.13 Å². The van der Waals surface area contributed by atoms with Crippen molar-refractivity contribution in [3.8, 4) is 0 Å². The van der Waals surface area contributed by atoms with Gasteiger partial charge in [-0.25, -0.2) is 17.8 Å². The van der Waals surface area contributed by atoms with E-state index in [9.17, 15) is 17.2 Å². The number of carboxylic acid groups (broad SMARTS) is 1. The average molecular weight is 511 g/mol. The number of aryl methyl sites for hydroxylation is 1. The molecule has 1 aliphatic rings. The summed E-state index contributed by atoms with van der Waals surface area (Å²) < 4.78 is 55.3. The lowest BCUT2D eigenvalue weighted by Gasteiger charge is -2.37. The second-order valence-electron chi connectivity index (χ2n) is 7.42. The molecule has 1 aromatic heterocycles. The van der Waals surface area contributed by atoms with E-state index in [0.717, 1.165) is 37.8 Å². The fourth-order valence-corrected chi connectivity index (χ4v) is 5.83. The Hall–Kier alpha value is -2.02. The Balaban J connectivity index is 0.00000114. The van der Waals surface area contributed by atoms with Crippen LogP contribution in [-0.4, -0.2) is 56.1 Å². The number of benzene rings is 1. The molecule has 0 amide bonds. The SMILES string of the molecule is Cc1nc(NS(=O)(=O)c2cc(Cl)c(N[C@H]3CCCC[C@@H]3N(C)C)cc2F)sc1F.O=CO. The molecule has 1 heterocycles. The van der Waals surface area contributed by atoms with E-state index in [1.807, 2.05) is 14.1 Å². The highest BCUT2D eigenvalue weighted by Gasteiger charge is 2.28. The Morgan fingerprint density at radius 3 is 2.47 bits per heavy atom. The molecule has 178 valence electrons. The van der Waals surface area contributed by atoms with Crippen LogP contribution in [0.1, 0.15) is 31.4 Å². The number of rotatable bonds is 6. The summed E-state index contributed by atoms with van der Waals surface area (Å²) >= 11 is 6.81. The molecule has 1 saturated carbocycles. The van der Waals surface area contributed by atoms with Crippen molar-refractivity contribution in [2.24, 2.45) is 0 Å². The van der Waals surface area contributed by atoms with Crippen LogP contribution in [0.25, 0.3) is 0 Å². The zero-order valence-electron chi connectivity index (χ0n) is 17.7. The number of hydrogen-bond acceptors (Lipinski definition) is 7. The van der Waals surface area contributed by atoms with Gasteiger partial charge >= 0.3 is 0 Å². The largest absolute Gasteiger partial charge is 0.483 e. The number of thiazole rings is 1. The molecule has 0 saturated heterocycles. The van der Waals surface area contributed by atoms with Crippen LogP contribution in [-0.2, 0) is 14.8 Å². The molecule has 0 spiro atoms. The van der Waals surface area contributed by atoms with Crippen molar-refractivity contribution in [3.63, 3.8) is 0 Å². The molecular weight excluding hydrogens is 486 g/mol. The molecule has 0 bridgehead atoms. The van der Waals surface area contributed by atoms with Crippen LogP contribution in [0.5, 0.6) is 0 Å². The molecule has 1 aliphatic carbocycles. The number of sulfonamides is 1. The molecule has 2 aromatic rings. The Kier molecular flexibility index (Phi) is 9.19. The van der Waals surface area contributed by atoms with E-state index in [1.165, 1.54) is 6.92 Å². The Morgan fingerprint density at radius 1 is 1.28 bits per heavy atom. The molecule has 3 rings (SSSR count). The molecule has 0 radical (unpaired) electrons. The number of nitrogens with one attached hydrogen (secondary N) is 2. The summed E-state index contributed by atoms with van der Waals surface area (Å²) in [7, 11) is -0.313. The number of aromatic nitrogens is 1. The maximum absolute atomic E-state index is 14.7. The van der Waals surface area contributed by atoms with E-state index in [4.69, 9.17) is 21.5 Å². The minimum absolute atomic E-state index is 0.0636. The first kappa shape index (κ1) is 26.2. The van der Waals surface area contributed by atoms with Crippen LogP contribution in [0.3, 0.4) is 0 Å². The standard InChI is InChI=1S/C18H23ClF2N4O2S2.CH2O2/c1-10-17(21)28-18(22-10)24-29(26,27)16-8-11(19)14(9-12(16)20)23-13-6-4-5-7-15(13)25(2)3;2-1-3/h8-9,13,15,23H,4-7H2,1-3H3,(H,22,24);1H,(H,2,3)/t13-,15-;/m0./s1. The van der Waals surface area contributed by atoms with Gasteiger partial charge in [0.15, 0.2) is 5.13 Å².